The number of nitrogens with zero attached hydrogens (tertiary/aromatic N) is 3. The van der Waals surface area contributed by atoms with Crippen LogP contribution in [0.3, 0.4) is 0 Å². The van der Waals surface area contributed by atoms with Crippen molar-refractivity contribution in [2.45, 2.75) is 27.2 Å². The number of rotatable bonds is 11. The van der Waals surface area contributed by atoms with Crippen molar-refractivity contribution in [3.8, 4) is 17.2 Å². The molecule has 9 nitrogen and oxygen atoms in total. The highest BCUT2D eigenvalue weighted by atomic mass is 127. The number of carbonyl (C=O) groups excluding carboxylic acids is 1. The third-order valence-electron chi connectivity index (χ3n) is 5.81. The number of aliphatic imine (C=N–C) groups is 1. The van der Waals surface area contributed by atoms with E-state index in [1.807, 2.05) is 31.2 Å². The van der Waals surface area contributed by atoms with Crippen LogP contribution in [0.5, 0.6) is 17.2 Å². The second-order valence-corrected chi connectivity index (χ2v) is 10.7. The minimum atomic E-state index is -0.464. The first-order valence-electron chi connectivity index (χ1n) is 12.1. The SMILES string of the molecule is CCC1=NN2C(=N)/C(=C/c3cc(I)c(OCCOCCOc4ccc(C)c(C)c4)c(OC)c3)C(=O)N=C2S1. The molecule has 0 aromatic heterocycles. The molecule has 0 atom stereocenters. The van der Waals surface area contributed by atoms with Gasteiger partial charge >= 0.3 is 0 Å². The summed E-state index contributed by atoms with van der Waals surface area (Å²) in [4.78, 5) is 16.8. The molecule has 4 rings (SSSR count). The number of hydrogen-bond donors (Lipinski definition) is 1. The van der Waals surface area contributed by atoms with Gasteiger partial charge in [-0.15, -0.1) is 0 Å². The van der Waals surface area contributed by atoms with E-state index < -0.39 is 5.91 Å². The first-order chi connectivity index (χ1) is 18.3. The van der Waals surface area contributed by atoms with Crippen molar-refractivity contribution in [3.05, 3.63) is 56.2 Å². The van der Waals surface area contributed by atoms with Crippen LogP contribution in [0.15, 0.2) is 46.0 Å². The lowest BCUT2D eigenvalue weighted by molar-refractivity contribution is -0.114. The van der Waals surface area contributed by atoms with E-state index in [4.69, 9.17) is 24.4 Å². The predicted molar refractivity (Wildman–Crippen MR) is 159 cm³/mol. The van der Waals surface area contributed by atoms with E-state index in [0.29, 0.717) is 55.1 Å². The Morgan fingerprint density at radius 3 is 2.55 bits per heavy atom. The van der Waals surface area contributed by atoms with Crippen molar-refractivity contribution in [3.63, 3.8) is 0 Å². The summed E-state index contributed by atoms with van der Waals surface area (Å²) < 4.78 is 23.7. The molecule has 0 saturated heterocycles. The maximum absolute atomic E-state index is 12.6. The Labute approximate surface area is 239 Å². The molecule has 2 aliphatic heterocycles. The number of ether oxygens (including phenoxy) is 4. The predicted octanol–water partition coefficient (Wildman–Crippen LogP) is 5.42. The van der Waals surface area contributed by atoms with Crippen LogP contribution in [-0.4, -0.2) is 60.5 Å². The zero-order valence-electron chi connectivity index (χ0n) is 21.7. The number of nitrogens with one attached hydrogen (secondary N) is 1. The van der Waals surface area contributed by atoms with Crippen LogP contribution < -0.4 is 14.2 Å². The van der Waals surface area contributed by atoms with Gasteiger partial charge in [-0.05, 0) is 102 Å². The molecule has 2 aromatic rings. The van der Waals surface area contributed by atoms with Gasteiger partial charge in [-0.1, -0.05) is 13.0 Å². The monoisotopic (exact) mass is 648 g/mol. The molecule has 0 radical (unpaired) electrons. The van der Waals surface area contributed by atoms with E-state index in [2.05, 4.69) is 46.5 Å². The summed E-state index contributed by atoms with van der Waals surface area (Å²) in [5.74, 6) is 1.48. The number of aryl methyl sites for hydroxylation is 2. The Balaban J connectivity index is 1.33. The van der Waals surface area contributed by atoms with Gasteiger partial charge in [0.1, 0.15) is 24.0 Å². The molecular formula is C27H29IN4O5S. The van der Waals surface area contributed by atoms with Crippen LogP contribution in [0.2, 0.25) is 0 Å². The molecule has 0 unspecified atom stereocenters. The number of hydrogen-bond acceptors (Lipinski definition) is 8. The van der Waals surface area contributed by atoms with Gasteiger partial charge in [0.25, 0.3) is 5.91 Å². The lowest BCUT2D eigenvalue weighted by Gasteiger charge is -2.20. The fraction of sp³-hybridized carbons (Fsp3) is 0.333. The molecule has 0 saturated carbocycles. The number of carbonyl (C=O) groups is 1. The molecule has 1 amide bonds. The number of halogens is 1. The van der Waals surface area contributed by atoms with Gasteiger partial charge < -0.3 is 18.9 Å². The van der Waals surface area contributed by atoms with Crippen LogP contribution in [0.25, 0.3) is 6.08 Å². The molecule has 0 bridgehead atoms. The van der Waals surface area contributed by atoms with Crippen molar-refractivity contribution < 1.29 is 23.7 Å². The van der Waals surface area contributed by atoms with Crippen molar-refractivity contribution in [1.29, 1.82) is 5.41 Å². The van der Waals surface area contributed by atoms with Gasteiger partial charge in [-0.25, -0.2) is 0 Å². The van der Waals surface area contributed by atoms with E-state index >= 15 is 0 Å². The number of fused-ring (bicyclic) bond motifs is 1. The highest BCUT2D eigenvalue weighted by Gasteiger charge is 2.35. The zero-order chi connectivity index (χ0) is 27.2. The van der Waals surface area contributed by atoms with Gasteiger partial charge in [0.15, 0.2) is 17.3 Å². The van der Waals surface area contributed by atoms with E-state index in [0.717, 1.165) is 14.4 Å². The molecule has 11 heteroatoms. The average molecular weight is 649 g/mol. The Bertz CT molecular complexity index is 1340. The third-order valence-corrected chi connectivity index (χ3v) is 7.66. The van der Waals surface area contributed by atoms with Gasteiger partial charge in [0, 0.05) is 0 Å². The van der Waals surface area contributed by atoms with Gasteiger partial charge in [-0.3, -0.25) is 10.2 Å². The second-order valence-electron chi connectivity index (χ2n) is 8.46. The Hall–Kier alpha value is -2.90. The molecule has 1 N–H and O–H groups in total. The highest BCUT2D eigenvalue weighted by molar-refractivity contribution is 14.1. The summed E-state index contributed by atoms with van der Waals surface area (Å²) in [7, 11) is 1.56. The number of amides is 1. The van der Waals surface area contributed by atoms with Crippen LogP contribution in [0, 0.1) is 22.8 Å². The van der Waals surface area contributed by atoms with E-state index in [9.17, 15) is 4.79 Å². The Morgan fingerprint density at radius 2 is 1.84 bits per heavy atom. The maximum atomic E-state index is 12.6. The Morgan fingerprint density at radius 1 is 1.08 bits per heavy atom. The summed E-state index contributed by atoms with van der Waals surface area (Å²) in [5.41, 5.74) is 3.28. The van der Waals surface area contributed by atoms with E-state index in [1.54, 1.807) is 19.3 Å². The van der Waals surface area contributed by atoms with Crippen LogP contribution in [-0.2, 0) is 9.53 Å². The standard InChI is InChI=1S/C27H29IN4O5S/c1-5-23-31-32-25(29)20(26(33)30-27(32)38-23)13-18-14-21(28)24(22(15-18)34-4)37-11-9-35-8-10-36-19-7-6-16(2)17(3)12-19/h6-7,12-15,29H,5,8-11H2,1-4H3/b20-13-,29-25?. The van der Waals surface area contributed by atoms with Crippen molar-refractivity contribution >= 4 is 62.4 Å². The van der Waals surface area contributed by atoms with Crippen molar-refractivity contribution in [1.82, 2.24) is 5.01 Å². The van der Waals surface area contributed by atoms with E-state index in [-0.39, 0.29) is 11.4 Å². The Kier molecular flexibility index (Phi) is 9.44. The molecule has 0 fully saturated rings. The van der Waals surface area contributed by atoms with E-state index in [1.165, 1.54) is 27.9 Å². The fourth-order valence-electron chi connectivity index (χ4n) is 3.63. The van der Waals surface area contributed by atoms with Gasteiger partial charge in [-0.2, -0.15) is 15.1 Å². The van der Waals surface area contributed by atoms with Crippen LogP contribution in [0.4, 0.5) is 0 Å². The number of thioether (sulfide) groups is 1. The van der Waals surface area contributed by atoms with Gasteiger partial charge in [0.05, 0.1) is 29.5 Å². The number of methoxy groups -OCH3 is 1. The third kappa shape index (κ3) is 6.56. The number of benzene rings is 2. The fourth-order valence-corrected chi connectivity index (χ4v) is 5.24. The largest absolute Gasteiger partial charge is 0.493 e. The highest BCUT2D eigenvalue weighted by Crippen LogP contribution is 2.35. The molecule has 2 aliphatic rings. The first kappa shape index (κ1) is 28.1. The summed E-state index contributed by atoms with van der Waals surface area (Å²) in [6.45, 7) is 7.72. The van der Waals surface area contributed by atoms with Crippen LogP contribution in [0.1, 0.15) is 30.0 Å². The smallest absolute Gasteiger partial charge is 0.283 e. The normalized spacial score (nSPS) is 15.9. The maximum Gasteiger partial charge on any atom is 0.283 e. The lowest BCUT2D eigenvalue weighted by atomic mass is 10.1. The summed E-state index contributed by atoms with van der Waals surface area (Å²) >= 11 is 3.48. The summed E-state index contributed by atoms with van der Waals surface area (Å²) in [6, 6.07) is 9.65. The minimum Gasteiger partial charge on any atom is -0.493 e. The second kappa shape index (κ2) is 12.8. The summed E-state index contributed by atoms with van der Waals surface area (Å²) in [5, 5.41) is 15.5. The van der Waals surface area contributed by atoms with Crippen LogP contribution >= 0.6 is 34.4 Å². The molecule has 38 heavy (non-hydrogen) atoms. The topological polar surface area (TPSA) is 106 Å². The molecule has 2 aromatic carbocycles. The molecule has 0 spiro atoms. The summed E-state index contributed by atoms with van der Waals surface area (Å²) in [6.07, 6.45) is 2.34. The quantitative estimate of drug-likeness (QED) is 0.197. The van der Waals surface area contributed by atoms with Crippen molar-refractivity contribution in [2.24, 2.45) is 10.1 Å². The molecule has 2 heterocycles. The number of amidine groups is 2. The minimum absolute atomic E-state index is 0.00360. The molecular weight excluding hydrogens is 619 g/mol. The molecule has 0 aliphatic carbocycles. The average Bonchev–Trinajstić information content (AvgIpc) is 3.32. The lowest BCUT2D eigenvalue weighted by Crippen LogP contribution is -2.35. The van der Waals surface area contributed by atoms with Gasteiger partial charge in [0.2, 0.25) is 5.17 Å². The molecule has 200 valence electrons. The zero-order valence-corrected chi connectivity index (χ0v) is 24.6. The first-order valence-corrected chi connectivity index (χ1v) is 14.0. The number of hydrazone groups is 1. The van der Waals surface area contributed by atoms with Crippen molar-refractivity contribution in [2.75, 3.05) is 33.5 Å².